The maximum atomic E-state index is 14.7. The molecule has 49 heavy (non-hydrogen) atoms. The first-order valence-electron chi connectivity index (χ1n) is 15.8. The Morgan fingerprint density at radius 1 is 1.12 bits per heavy atom. The molecule has 0 bridgehead atoms. The molecule has 1 aliphatic rings. The summed E-state index contributed by atoms with van der Waals surface area (Å²) in [6.45, 7) is 4.97. The van der Waals surface area contributed by atoms with Crippen molar-refractivity contribution in [3.63, 3.8) is 0 Å². The van der Waals surface area contributed by atoms with Gasteiger partial charge in [-0.1, -0.05) is 80.6 Å². The Kier molecular flexibility index (Phi) is 9.87. The lowest BCUT2D eigenvalue weighted by atomic mass is 10.0. The molecule has 2 aromatic heterocycles. The van der Waals surface area contributed by atoms with Gasteiger partial charge in [-0.3, -0.25) is 13.9 Å². The van der Waals surface area contributed by atoms with Crippen molar-refractivity contribution in [1.82, 2.24) is 24.6 Å². The fourth-order valence-electron chi connectivity index (χ4n) is 5.76. The molecule has 1 saturated heterocycles. The second-order valence-corrected chi connectivity index (χ2v) is 14.1. The van der Waals surface area contributed by atoms with Gasteiger partial charge in [-0.05, 0) is 29.9 Å². The number of aliphatic hydroxyl groups is 1. The maximum absolute atomic E-state index is 14.7. The average molecular weight is 691 g/mol. The molecular formula is C34H39N6O8P. The van der Waals surface area contributed by atoms with E-state index in [4.69, 9.17) is 29.0 Å². The van der Waals surface area contributed by atoms with Crippen LogP contribution in [0.5, 0.6) is 11.6 Å². The molecule has 4 N–H and O–H groups in total. The Hall–Kier alpha value is -4.59. The summed E-state index contributed by atoms with van der Waals surface area (Å²) in [4.78, 5) is 26.1. The van der Waals surface area contributed by atoms with E-state index in [0.29, 0.717) is 22.3 Å². The number of imidazole rings is 1. The van der Waals surface area contributed by atoms with E-state index in [2.05, 4.69) is 20.0 Å². The minimum absolute atomic E-state index is 0.0387. The van der Waals surface area contributed by atoms with Crippen LogP contribution in [0.1, 0.15) is 39.0 Å². The SMILES string of the molecule is COc1nc(N)nc2c1ncn2C1O[C@H](COP(=O)(N[C@H](C(=O)OCc2ccccc2)C(C)C)Oc2cccc3ccccc23)C[C@@]1(C)O. The van der Waals surface area contributed by atoms with Crippen LogP contribution in [0.15, 0.2) is 79.1 Å². The van der Waals surface area contributed by atoms with Gasteiger partial charge < -0.3 is 29.6 Å². The first kappa shape index (κ1) is 34.3. The minimum atomic E-state index is -4.32. The molecule has 5 aromatic rings. The third-order valence-electron chi connectivity index (χ3n) is 8.19. The largest absolute Gasteiger partial charge is 0.479 e. The summed E-state index contributed by atoms with van der Waals surface area (Å²) in [5.74, 6) is -0.540. The van der Waals surface area contributed by atoms with Gasteiger partial charge in [0.25, 0.3) is 0 Å². The number of hydrogen-bond acceptors (Lipinski definition) is 12. The standard InChI is InChI=1S/C34H39N6O8P/c1-21(2)27(31(41)45-18-22-11-6-5-7-12-22)39-49(43,48-26-16-10-14-23-13-8-9-15-25(23)26)46-19-24-17-34(3,42)32(47-24)40-20-36-28-29(40)37-33(35)38-30(28)44-4/h5-16,20-21,24,27,32,42H,17-19H2,1-4H3,(H,39,43)(H2,35,37,38)/t24-,27-,32?,34+,49?/m0/s1. The normalized spacial score (nSPS) is 21.1. The van der Waals surface area contributed by atoms with Gasteiger partial charge in [-0.25, -0.2) is 9.55 Å². The van der Waals surface area contributed by atoms with Crippen LogP contribution >= 0.6 is 7.75 Å². The van der Waals surface area contributed by atoms with Crippen LogP contribution in [0, 0.1) is 5.92 Å². The molecule has 5 atom stereocenters. The number of carbonyl (C=O) groups is 1. The van der Waals surface area contributed by atoms with Crippen LogP contribution in [0.25, 0.3) is 21.9 Å². The number of aromatic nitrogens is 4. The first-order valence-corrected chi connectivity index (χ1v) is 17.3. The van der Waals surface area contributed by atoms with Crippen molar-refractivity contribution in [2.45, 2.75) is 57.8 Å². The number of nitrogen functional groups attached to an aromatic ring is 1. The van der Waals surface area contributed by atoms with E-state index >= 15 is 0 Å². The predicted octanol–water partition coefficient (Wildman–Crippen LogP) is 5.17. The van der Waals surface area contributed by atoms with Crippen molar-refractivity contribution < 1.29 is 37.7 Å². The summed E-state index contributed by atoms with van der Waals surface area (Å²) < 4.78 is 45.6. The lowest BCUT2D eigenvalue weighted by Crippen LogP contribution is -2.41. The molecule has 1 fully saturated rings. The number of anilines is 1. The molecule has 1 aliphatic heterocycles. The Balaban J connectivity index is 1.25. The fraction of sp³-hybridized carbons (Fsp3) is 0.353. The monoisotopic (exact) mass is 690 g/mol. The molecule has 2 unspecified atom stereocenters. The Morgan fingerprint density at radius 2 is 1.86 bits per heavy atom. The van der Waals surface area contributed by atoms with Crippen molar-refractivity contribution in [2.75, 3.05) is 19.5 Å². The third-order valence-corrected chi connectivity index (χ3v) is 9.71. The number of rotatable bonds is 13. The van der Waals surface area contributed by atoms with Crippen LogP contribution in [0.3, 0.4) is 0 Å². The number of nitrogens with zero attached hydrogens (tertiary/aromatic N) is 4. The Bertz CT molecular complexity index is 1980. The summed E-state index contributed by atoms with van der Waals surface area (Å²) in [6.07, 6.45) is -0.176. The zero-order valence-electron chi connectivity index (χ0n) is 27.6. The third kappa shape index (κ3) is 7.53. The van der Waals surface area contributed by atoms with Gasteiger partial charge in [0.2, 0.25) is 11.8 Å². The quantitative estimate of drug-likeness (QED) is 0.109. The second kappa shape index (κ2) is 14.1. The van der Waals surface area contributed by atoms with Gasteiger partial charge in [-0.2, -0.15) is 15.1 Å². The zero-order chi connectivity index (χ0) is 34.8. The lowest BCUT2D eigenvalue weighted by Gasteiger charge is -2.27. The minimum Gasteiger partial charge on any atom is -0.479 e. The highest BCUT2D eigenvalue weighted by atomic mass is 31.2. The molecule has 258 valence electrons. The van der Waals surface area contributed by atoms with E-state index in [1.807, 2.05) is 60.7 Å². The molecule has 0 amide bonds. The van der Waals surface area contributed by atoms with E-state index in [-0.39, 0.29) is 37.4 Å². The second-order valence-electron chi connectivity index (χ2n) is 12.4. The van der Waals surface area contributed by atoms with Crippen molar-refractivity contribution in [2.24, 2.45) is 5.92 Å². The van der Waals surface area contributed by atoms with E-state index in [1.165, 1.54) is 18.0 Å². The molecule has 0 saturated carbocycles. The fourth-order valence-corrected chi connectivity index (χ4v) is 7.47. The summed E-state index contributed by atoms with van der Waals surface area (Å²) in [6, 6.07) is 21.0. The van der Waals surface area contributed by atoms with Crippen molar-refractivity contribution in [3.8, 4) is 11.6 Å². The molecule has 3 aromatic carbocycles. The van der Waals surface area contributed by atoms with Gasteiger partial charge in [0.05, 0.1) is 26.1 Å². The highest BCUT2D eigenvalue weighted by molar-refractivity contribution is 7.52. The van der Waals surface area contributed by atoms with E-state index in [9.17, 15) is 14.5 Å². The van der Waals surface area contributed by atoms with Crippen LogP contribution in [0.4, 0.5) is 5.95 Å². The molecule has 15 heteroatoms. The number of esters is 1. The van der Waals surface area contributed by atoms with Gasteiger partial charge in [-0.15, -0.1) is 0 Å². The van der Waals surface area contributed by atoms with Crippen LogP contribution < -0.4 is 20.1 Å². The van der Waals surface area contributed by atoms with Crippen LogP contribution in [0.2, 0.25) is 0 Å². The molecule has 3 heterocycles. The molecule has 0 aliphatic carbocycles. The van der Waals surface area contributed by atoms with Gasteiger partial charge in [0.1, 0.15) is 24.0 Å². The topological polar surface area (TPSA) is 182 Å². The molecular weight excluding hydrogens is 651 g/mol. The van der Waals surface area contributed by atoms with Crippen LogP contribution in [-0.4, -0.2) is 62.1 Å². The highest BCUT2D eigenvalue weighted by Crippen LogP contribution is 2.49. The predicted molar refractivity (Wildman–Crippen MR) is 182 cm³/mol. The van der Waals surface area contributed by atoms with E-state index in [1.54, 1.807) is 32.9 Å². The molecule has 6 rings (SSSR count). The molecule has 0 radical (unpaired) electrons. The molecule has 14 nitrogen and oxygen atoms in total. The smallest absolute Gasteiger partial charge is 0.459 e. The number of methoxy groups -OCH3 is 1. The van der Waals surface area contributed by atoms with E-state index < -0.39 is 37.7 Å². The van der Waals surface area contributed by atoms with Crippen LogP contribution in [-0.2, 0) is 30.0 Å². The summed E-state index contributed by atoms with van der Waals surface area (Å²) in [7, 11) is -2.88. The van der Waals surface area contributed by atoms with E-state index in [0.717, 1.165) is 10.9 Å². The summed E-state index contributed by atoms with van der Waals surface area (Å²) in [5, 5.41) is 15.9. The number of benzene rings is 3. The van der Waals surface area contributed by atoms with Gasteiger partial charge in [0, 0.05) is 11.8 Å². The van der Waals surface area contributed by atoms with Crippen molar-refractivity contribution >= 4 is 41.6 Å². The number of carbonyl (C=O) groups excluding carboxylic acids is 1. The molecule has 0 spiro atoms. The average Bonchev–Trinajstić information content (AvgIpc) is 3.64. The lowest BCUT2D eigenvalue weighted by molar-refractivity contribution is -0.148. The maximum Gasteiger partial charge on any atom is 0.459 e. The first-order chi connectivity index (χ1) is 23.5. The number of hydrogen-bond donors (Lipinski definition) is 3. The highest BCUT2D eigenvalue weighted by Gasteiger charge is 2.47. The van der Waals surface area contributed by atoms with Crippen molar-refractivity contribution in [1.29, 1.82) is 0 Å². The van der Waals surface area contributed by atoms with Crippen molar-refractivity contribution in [3.05, 3.63) is 84.7 Å². The summed E-state index contributed by atoms with van der Waals surface area (Å²) >= 11 is 0. The number of fused-ring (bicyclic) bond motifs is 2. The Labute approximate surface area is 283 Å². The van der Waals surface area contributed by atoms with Gasteiger partial charge in [0.15, 0.2) is 17.4 Å². The number of nitrogens with two attached hydrogens (primary N) is 1. The number of ether oxygens (including phenoxy) is 3. The number of nitrogens with one attached hydrogen (secondary N) is 1. The van der Waals surface area contributed by atoms with Gasteiger partial charge >= 0.3 is 13.7 Å². The summed E-state index contributed by atoms with van der Waals surface area (Å²) in [5.41, 5.74) is 5.92. The Morgan fingerprint density at radius 3 is 2.61 bits per heavy atom. The zero-order valence-corrected chi connectivity index (χ0v) is 28.4.